The van der Waals surface area contributed by atoms with E-state index in [0.29, 0.717) is 18.9 Å². The van der Waals surface area contributed by atoms with Crippen LogP contribution >= 0.6 is 0 Å². The van der Waals surface area contributed by atoms with Crippen molar-refractivity contribution in [1.29, 1.82) is 0 Å². The van der Waals surface area contributed by atoms with Crippen molar-refractivity contribution in [1.82, 2.24) is 14.7 Å². The van der Waals surface area contributed by atoms with Gasteiger partial charge in [0.05, 0.1) is 0 Å². The Labute approximate surface area is 108 Å². The average molecular weight is 251 g/mol. The number of urea groups is 1. The maximum atomic E-state index is 12.4. The lowest BCUT2D eigenvalue weighted by molar-refractivity contribution is -0.130. The Bertz CT molecular complexity index is 371. The van der Waals surface area contributed by atoms with Gasteiger partial charge in [-0.25, -0.2) is 4.79 Å². The fourth-order valence-corrected chi connectivity index (χ4v) is 3.35. The van der Waals surface area contributed by atoms with E-state index in [2.05, 4.69) is 6.92 Å². The number of nitrogens with zero attached hydrogens (tertiary/aromatic N) is 3. The number of carbonyl (C=O) groups is 2. The first-order valence-electron chi connectivity index (χ1n) is 6.98. The predicted molar refractivity (Wildman–Crippen MR) is 67.1 cm³/mol. The van der Waals surface area contributed by atoms with Gasteiger partial charge in [-0.3, -0.25) is 4.79 Å². The molecule has 5 nitrogen and oxygen atoms in total. The highest BCUT2D eigenvalue weighted by atomic mass is 16.2. The molecule has 0 spiro atoms. The Morgan fingerprint density at radius 1 is 1.11 bits per heavy atom. The molecule has 5 heteroatoms. The third-order valence-corrected chi connectivity index (χ3v) is 4.46. The van der Waals surface area contributed by atoms with Gasteiger partial charge < -0.3 is 14.7 Å². The molecule has 3 amide bonds. The van der Waals surface area contributed by atoms with Crippen molar-refractivity contribution < 1.29 is 9.59 Å². The van der Waals surface area contributed by atoms with E-state index in [1.54, 1.807) is 0 Å². The van der Waals surface area contributed by atoms with Gasteiger partial charge in [0.15, 0.2) is 0 Å². The van der Waals surface area contributed by atoms with E-state index >= 15 is 0 Å². The van der Waals surface area contributed by atoms with Gasteiger partial charge in [0.1, 0.15) is 0 Å². The summed E-state index contributed by atoms with van der Waals surface area (Å²) in [4.78, 5) is 29.8. The van der Waals surface area contributed by atoms with Crippen molar-refractivity contribution in [3.05, 3.63) is 0 Å². The molecule has 3 rings (SSSR count). The van der Waals surface area contributed by atoms with Gasteiger partial charge in [-0.1, -0.05) is 6.92 Å². The summed E-state index contributed by atoms with van der Waals surface area (Å²) in [5.74, 6) is 0.894. The van der Waals surface area contributed by atoms with Crippen LogP contribution in [0.2, 0.25) is 0 Å². The van der Waals surface area contributed by atoms with Gasteiger partial charge in [-0.15, -0.1) is 0 Å². The molecule has 3 aliphatic rings. The molecule has 0 bridgehead atoms. The summed E-state index contributed by atoms with van der Waals surface area (Å²) in [6, 6.07) is 0.452. The molecule has 2 unspecified atom stereocenters. The minimum absolute atomic E-state index is 0.179. The van der Waals surface area contributed by atoms with E-state index in [-0.39, 0.29) is 18.0 Å². The van der Waals surface area contributed by atoms with Crippen LogP contribution in [-0.2, 0) is 4.79 Å². The third-order valence-electron chi connectivity index (χ3n) is 4.46. The molecule has 3 fully saturated rings. The monoisotopic (exact) mass is 251 g/mol. The van der Waals surface area contributed by atoms with Crippen molar-refractivity contribution in [3.8, 4) is 0 Å². The number of likely N-dealkylation sites (tertiary alicyclic amines) is 1. The van der Waals surface area contributed by atoms with E-state index in [4.69, 9.17) is 0 Å². The number of hydrogen-bond acceptors (Lipinski definition) is 2. The SMILES string of the molecule is CC1CCN(C(=O)N2CCN3C(=O)CCC3C2)C1. The van der Waals surface area contributed by atoms with Crippen molar-refractivity contribution >= 4 is 11.9 Å². The molecular formula is C13H21N3O2. The van der Waals surface area contributed by atoms with Gasteiger partial charge in [0.2, 0.25) is 5.91 Å². The Morgan fingerprint density at radius 2 is 1.89 bits per heavy atom. The number of piperazine rings is 1. The molecule has 3 heterocycles. The summed E-state index contributed by atoms with van der Waals surface area (Å²) in [6.45, 7) is 6.13. The topological polar surface area (TPSA) is 43.9 Å². The molecule has 0 aromatic rings. The second-order valence-electron chi connectivity index (χ2n) is 5.85. The standard InChI is InChI=1S/C13H21N3O2/c1-10-4-5-14(8-10)13(18)15-6-7-16-11(9-15)2-3-12(16)17/h10-11H,2-9H2,1H3. The number of rotatable bonds is 0. The second-order valence-corrected chi connectivity index (χ2v) is 5.85. The van der Waals surface area contributed by atoms with Crippen LogP contribution in [0.4, 0.5) is 4.79 Å². The van der Waals surface area contributed by atoms with Crippen molar-refractivity contribution in [2.75, 3.05) is 32.7 Å². The van der Waals surface area contributed by atoms with Crippen LogP contribution in [0.3, 0.4) is 0 Å². The summed E-state index contributed by atoms with van der Waals surface area (Å²) >= 11 is 0. The Hall–Kier alpha value is -1.26. The summed E-state index contributed by atoms with van der Waals surface area (Å²) in [5.41, 5.74) is 0. The smallest absolute Gasteiger partial charge is 0.320 e. The van der Waals surface area contributed by atoms with Crippen LogP contribution in [0.25, 0.3) is 0 Å². The maximum absolute atomic E-state index is 12.4. The fraction of sp³-hybridized carbons (Fsp3) is 0.846. The van der Waals surface area contributed by atoms with Crippen LogP contribution < -0.4 is 0 Å². The quantitative estimate of drug-likeness (QED) is 0.638. The normalized spacial score (nSPS) is 32.1. The zero-order chi connectivity index (χ0) is 12.7. The van der Waals surface area contributed by atoms with Crippen molar-refractivity contribution in [2.24, 2.45) is 5.92 Å². The molecule has 3 saturated heterocycles. The van der Waals surface area contributed by atoms with Crippen LogP contribution in [0, 0.1) is 5.92 Å². The highest BCUT2D eigenvalue weighted by molar-refractivity contribution is 5.80. The molecule has 0 aliphatic carbocycles. The Balaban J connectivity index is 1.61. The number of amides is 3. The Kier molecular flexibility index (Phi) is 2.92. The van der Waals surface area contributed by atoms with Gasteiger partial charge in [-0.05, 0) is 18.8 Å². The highest BCUT2D eigenvalue weighted by Crippen LogP contribution is 2.24. The minimum atomic E-state index is 0.179. The molecule has 100 valence electrons. The molecule has 0 radical (unpaired) electrons. The number of carbonyl (C=O) groups excluding carboxylic acids is 2. The van der Waals surface area contributed by atoms with E-state index in [0.717, 1.165) is 39.0 Å². The second kappa shape index (κ2) is 4.44. The first kappa shape index (κ1) is 11.8. The van der Waals surface area contributed by atoms with Gasteiger partial charge in [0, 0.05) is 45.2 Å². The molecule has 3 aliphatic heterocycles. The van der Waals surface area contributed by atoms with Crippen molar-refractivity contribution in [3.63, 3.8) is 0 Å². The van der Waals surface area contributed by atoms with E-state index in [1.165, 1.54) is 0 Å². The number of fused-ring (bicyclic) bond motifs is 1. The molecule has 0 N–H and O–H groups in total. The summed E-state index contributed by atoms with van der Waals surface area (Å²) in [5, 5.41) is 0. The van der Waals surface area contributed by atoms with Crippen LogP contribution in [-0.4, -0.2) is 65.4 Å². The van der Waals surface area contributed by atoms with Crippen LogP contribution in [0.1, 0.15) is 26.2 Å². The fourth-order valence-electron chi connectivity index (χ4n) is 3.35. The predicted octanol–water partition coefficient (Wildman–Crippen LogP) is 0.755. The van der Waals surface area contributed by atoms with Gasteiger partial charge in [-0.2, -0.15) is 0 Å². The first-order chi connectivity index (χ1) is 8.65. The van der Waals surface area contributed by atoms with Gasteiger partial charge in [0.25, 0.3) is 0 Å². The molecule has 0 saturated carbocycles. The zero-order valence-electron chi connectivity index (χ0n) is 11.0. The zero-order valence-corrected chi connectivity index (χ0v) is 11.0. The molecular weight excluding hydrogens is 230 g/mol. The third kappa shape index (κ3) is 1.95. The van der Waals surface area contributed by atoms with E-state index in [1.807, 2.05) is 14.7 Å². The first-order valence-corrected chi connectivity index (χ1v) is 6.98. The summed E-state index contributed by atoms with van der Waals surface area (Å²) in [7, 11) is 0. The molecule has 0 aromatic heterocycles. The highest BCUT2D eigenvalue weighted by Gasteiger charge is 2.38. The number of hydrogen-bond donors (Lipinski definition) is 0. The minimum Gasteiger partial charge on any atom is -0.336 e. The average Bonchev–Trinajstić information content (AvgIpc) is 2.95. The molecule has 0 aromatic carbocycles. The largest absolute Gasteiger partial charge is 0.336 e. The molecule has 2 atom stereocenters. The molecule has 18 heavy (non-hydrogen) atoms. The van der Waals surface area contributed by atoms with Gasteiger partial charge >= 0.3 is 6.03 Å². The lowest BCUT2D eigenvalue weighted by atomic mass is 10.1. The van der Waals surface area contributed by atoms with E-state index < -0.39 is 0 Å². The summed E-state index contributed by atoms with van der Waals surface area (Å²) < 4.78 is 0. The Morgan fingerprint density at radius 3 is 2.61 bits per heavy atom. The van der Waals surface area contributed by atoms with Crippen molar-refractivity contribution in [2.45, 2.75) is 32.2 Å². The lowest BCUT2D eigenvalue weighted by Crippen LogP contribution is -2.55. The van der Waals surface area contributed by atoms with Crippen LogP contribution in [0.5, 0.6) is 0 Å². The van der Waals surface area contributed by atoms with Crippen LogP contribution in [0.15, 0.2) is 0 Å². The van der Waals surface area contributed by atoms with E-state index in [9.17, 15) is 9.59 Å². The summed E-state index contributed by atoms with van der Waals surface area (Å²) in [6.07, 6.45) is 2.69. The lowest BCUT2D eigenvalue weighted by Gasteiger charge is -2.39. The maximum Gasteiger partial charge on any atom is 0.320 e.